The lowest BCUT2D eigenvalue weighted by Gasteiger charge is -2.19. The number of para-hydroxylation sites is 1. The second kappa shape index (κ2) is 9.92. The number of nitrogens with one attached hydrogen (secondary N) is 2. The molecule has 2 rings (SSSR count). The molecule has 1 amide bonds. The van der Waals surface area contributed by atoms with Crippen molar-refractivity contribution in [2.24, 2.45) is 0 Å². The Morgan fingerprint density at radius 2 is 1.82 bits per heavy atom. The number of anilines is 1. The van der Waals surface area contributed by atoms with Gasteiger partial charge in [0.2, 0.25) is 0 Å². The van der Waals surface area contributed by atoms with Crippen molar-refractivity contribution < 1.29 is 19.1 Å². The van der Waals surface area contributed by atoms with Gasteiger partial charge in [0.05, 0.1) is 17.8 Å². The maximum atomic E-state index is 12.3. The van der Waals surface area contributed by atoms with E-state index in [9.17, 15) is 9.59 Å². The summed E-state index contributed by atoms with van der Waals surface area (Å²) in [5.41, 5.74) is 1.46. The van der Waals surface area contributed by atoms with Crippen molar-refractivity contribution in [1.82, 2.24) is 10.3 Å². The Bertz CT molecular complexity index is 815. The molecule has 2 N–H and O–H groups in total. The molecule has 0 bridgehead atoms. The molecule has 0 unspecified atom stereocenters. The van der Waals surface area contributed by atoms with Crippen LogP contribution in [0.3, 0.4) is 0 Å². The Morgan fingerprint density at radius 3 is 2.54 bits per heavy atom. The Hall–Kier alpha value is -2.83. The van der Waals surface area contributed by atoms with E-state index in [1.807, 2.05) is 45.0 Å². The number of nitrogens with zero attached hydrogens (tertiary/aromatic N) is 1. The van der Waals surface area contributed by atoms with E-state index in [-0.39, 0.29) is 0 Å². The molecule has 0 aliphatic heterocycles. The van der Waals surface area contributed by atoms with Crippen LogP contribution in [0.4, 0.5) is 10.5 Å². The average Bonchev–Trinajstić information content (AvgIpc) is 2.63. The zero-order chi connectivity index (χ0) is 20.6. The third kappa shape index (κ3) is 6.40. The molecule has 0 spiro atoms. The molecule has 1 heterocycles. The number of benzene rings is 1. The number of carbonyl (C=O) groups excluding carboxylic acids is 2. The summed E-state index contributed by atoms with van der Waals surface area (Å²) in [7, 11) is 0. The number of esters is 1. The van der Waals surface area contributed by atoms with Crippen molar-refractivity contribution in [3.63, 3.8) is 0 Å². The monoisotopic (exact) mass is 387 g/mol. The fourth-order valence-corrected chi connectivity index (χ4v) is 2.66. The summed E-state index contributed by atoms with van der Waals surface area (Å²) >= 11 is 0. The van der Waals surface area contributed by atoms with Crippen LogP contribution in [0, 0.1) is 0 Å². The number of amides is 1. The number of carbonyl (C=O) groups is 2. The Labute approximate surface area is 165 Å². The van der Waals surface area contributed by atoms with Gasteiger partial charge in [-0.05, 0) is 46.6 Å². The minimum absolute atomic E-state index is 0.307. The second-order valence-corrected chi connectivity index (χ2v) is 7.35. The first kappa shape index (κ1) is 21.5. The van der Waals surface area contributed by atoms with Crippen LogP contribution in [0.5, 0.6) is 0 Å². The van der Waals surface area contributed by atoms with Gasteiger partial charge in [-0.25, -0.2) is 9.59 Å². The van der Waals surface area contributed by atoms with Crippen LogP contribution in [0.15, 0.2) is 30.5 Å². The van der Waals surface area contributed by atoms with Crippen molar-refractivity contribution in [2.45, 2.75) is 46.1 Å². The summed E-state index contributed by atoms with van der Waals surface area (Å²) in [6.07, 6.45) is 2.73. The molecule has 0 aliphatic rings. The topological polar surface area (TPSA) is 89.5 Å². The molecule has 7 heteroatoms. The fraction of sp³-hybridized carbons (Fsp3) is 0.476. The molecule has 28 heavy (non-hydrogen) atoms. The number of fused-ring (bicyclic) bond motifs is 1. The third-order valence-corrected chi connectivity index (χ3v) is 3.84. The van der Waals surface area contributed by atoms with Crippen molar-refractivity contribution in [2.75, 3.05) is 25.0 Å². The molecule has 0 radical (unpaired) electrons. The first-order valence-electron chi connectivity index (χ1n) is 9.57. The molecule has 0 saturated carbocycles. The number of hydrogen-bond donors (Lipinski definition) is 2. The molecule has 0 fully saturated rings. The summed E-state index contributed by atoms with van der Waals surface area (Å²) < 4.78 is 10.4. The maximum absolute atomic E-state index is 12.3. The van der Waals surface area contributed by atoms with E-state index in [1.54, 1.807) is 13.1 Å². The van der Waals surface area contributed by atoms with E-state index in [4.69, 9.17) is 9.47 Å². The largest absolute Gasteiger partial charge is 0.462 e. The normalized spacial score (nSPS) is 11.1. The Morgan fingerprint density at radius 1 is 1.11 bits per heavy atom. The lowest BCUT2D eigenvalue weighted by molar-refractivity contribution is 0.0516. The molecule has 2 aromatic rings. The van der Waals surface area contributed by atoms with Crippen LogP contribution in [0.1, 0.15) is 50.9 Å². The summed E-state index contributed by atoms with van der Waals surface area (Å²) in [4.78, 5) is 28.3. The van der Waals surface area contributed by atoms with Gasteiger partial charge in [0.15, 0.2) is 0 Å². The molecule has 1 aromatic carbocycles. The van der Waals surface area contributed by atoms with Crippen LogP contribution in [-0.2, 0) is 9.47 Å². The van der Waals surface area contributed by atoms with E-state index in [0.717, 1.165) is 29.4 Å². The highest BCUT2D eigenvalue weighted by Gasteiger charge is 2.17. The Balaban J connectivity index is 1.93. The third-order valence-electron chi connectivity index (χ3n) is 3.84. The van der Waals surface area contributed by atoms with Crippen LogP contribution < -0.4 is 10.6 Å². The lowest BCUT2D eigenvalue weighted by Crippen LogP contribution is -2.33. The predicted molar refractivity (Wildman–Crippen MR) is 110 cm³/mol. The van der Waals surface area contributed by atoms with E-state index in [1.165, 1.54) is 0 Å². The SMILES string of the molecule is CCOC(=O)c1cnc2ccccc2c1NCCCCNC(=O)OC(C)(C)C. The van der Waals surface area contributed by atoms with Crippen LogP contribution in [-0.4, -0.2) is 42.3 Å². The first-order chi connectivity index (χ1) is 13.3. The van der Waals surface area contributed by atoms with Crippen LogP contribution in [0.2, 0.25) is 0 Å². The smallest absolute Gasteiger partial charge is 0.407 e. The minimum Gasteiger partial charge on any atom is -0.462 e. The summed E-state index contributed by atoms with van der Waals surface area (Å²) in [6.45, 7) is 8.75. The lowest BCUT2D eigenvalue weighted by atomic mass is 10.1. The van der Waals surface area contributed by atoms with Gasteiger partial charge in [0, 0.05) is 24.7 Å². The standard InChI is InChI=1S/C21H29N3O4/c1-5-27-19(25)16-14-24-17-11-7-6-10-15(17)18(16)22-12-8-9-13-23-20(26)28-21(2,3)4/h6-7,10-11,14H,5,8-9,12-13H2,1-4H3,(H,22,24)(H,23,26). The Kier molecular flexibility index (Phi) is 7.61. The van der Waals surface area contributed by atoms with Gasteiger partial charge in [-0.1, -0.05) is 18.2 Å². The number of ether oxygens (including phenoxy) is 2. The van der Waals surface area contributed by atoms with Gasteiger partial charge in [-0.2, -0.15) is 0 Å². The summed E-state index contributed by atoms with van der Waals surface area (Å²) in [5, 5.41) is 6.95. The first-order valence-corrected chi connectivity index (χ1v) is 9.57. The molecule has 1 aromatic heterocycles. The number of alkyl carbamates (subject to hydrolysis) is 1. The zero-order valence-electron chi connectivity index (χ0n) is 17.0. The highest BCUT2D eigenvalue weighted by Crippen LogP contribution is 2.26. The summed E-state index contributed by atoms with van der Waals surface area (Å²) in [5.74, 6) is -0.394. The van der Waals surface area contributed by atoms with Crippen molar-refractivity contribution >= 4 is 28.7 Å². The number of unbranched alkanes of at least 4 members (excludes halogenated alkanes) is 1. The molecular formula is C21H29N3O4. The second-order valence-electron chi connectivity index (χ2n) is 7.35. The van der Waals surface area contributed by atoms with Gasteiger partial charge in [0.1, 0.15) is 11.2 Å². The minimum atomic E-state index is -0.502. The highest BCUT2D eigenvalue weighted by molar-refractivity contribution is 6.04. The number of rotatable bonds is 8. The van der Waals surface area contributed by atoms with Crippen molar-refractivity contribution in [1.29, 1.82) is 0 Å². The maximum Gasteiger partial charge on any atom is 0.407 e. The van der Waals surface area contributed by atoms with Gasteiger partial charge in [-0.15, -0.1) is 0 Å². The van der Waals surface area contributed by atoms with Crippen LogP contribution in [0.25, 0.3) is 10.9 Å². The molecule has 152 valence electrons. The van der Waals surface area contributed by atoms with Crippen LogP contribution >= 0.6 is 0 Å². The number of aromatic nitrogens is 1. The number of pyridine rings is 1. The summed E-state index contributed by atoms with van der Waals surface area (Å²) in [6, 6.07) is 7.65. The molecule has 7 nitrogen and oxygen atoms in total. The zero-order valence-corrected chi connectivity index (χ0v) is 17.0. The molecule has 0 atom stereocenters. The fourth-order valence-electron chi connectivity index (χ4n) is 2.66. The molecular weight excluding hydrogens is 358 g/mol. The average molecular weight is 387 g/mol. The van der Waals surface area contributed by atoms with Gasteiger partial charge in [0.25, 0.3) is 0 Å². The van der Waals surface area contributed by atoms with Crippen molar-refractivity contribution in [3.8, 4) is 0 Å². The van der Waals surface area contributed by atoms with Crippen molar-refractivity contribution in [3.05, 3.63) is 36.0 Å². The predicted octanol–water partition coefficient (Wildman–Crippen LogP) is 4.13. The quantitative estimate of drug-likeness (QED) is 0.523. The van der Waals surface area contributed by atoms with E-state index < -0.39 is 17.7 Å². The van der Waals surface area contributed by atoms with Gasteiger partial charge >= 0.3 is 12.1 Å². The van der Waals surface area contributed by atoms with Gasteiger partial charge < -0.3 is 20.1 Å². The van der Waals surface area contributed by atoms with E-state index in [0.29, 0.717) is 25.3 Å². The number of hydrogen-bond acceptors (Lipinski definition) is 6. The van der Waals surface area contributed by atoms with Gasteiger partial charge in [-0.3, -0.25) is 4.98 Å². The molecule has 0 aliphatic carbocycles. The molecule has 0 saturated heterocycles. The highest BCUT2D eigenvalue weighted by atomic mass is 16.6. The van der Waals surface area contributed by atoms with E-state index in [2.05, 4.69) is 15.6 Å². The van der Waals surface area contributed by atoms with E-state index >= 15 is 0 Å².